The summed E-state index contributed by atoms with van der Waals surface area (Å²) in [6.45, 7) is -0.152. The van der Waals surface area contributed by atoms with E-state index in [1.165, 1.54) is 11.3 Å². The normalized spacial score (nSPS) is 11.4. The van der Waals surface area contributed by atoms with Gasteiger partial charge in [-0.05, 0) is 12.1 Å². The number of thiazole rings is 1. The number of carboxylic acids is 1. The van der Waals surface area contributed by atoms with Crippen molar-refractivity contribution in [2.45, 2.75) is 6.61 Å². The van der Waals surface area contributed by atoms with E-state index in [-0.39, 0.29) is 12.3 Å². The van der Waals surface area contributed by atoms with Gasteiger partial charge in [0, 0.05) is 0 Å². The average molecular weight is 249 g/mol. The zero-order valence-electron chi connectivity index (χ0n) is 8.47. The van der Waals surface area contributed by atoms with Crippen LogP contribution in [0.3, 0.4) is 0 Å². The van der Waals surface area contributed by atoms with Crippen molar-refractivity contribution >= 4 is 38.4 Å². The molecule has 86 valence electrons. The Bertz CT molecular complexity index is 731. The number of aromatic amines is 1. The molecule has 2 heterocycles. The average Bonchev–Trinajstić information content (AvgIpc) is 2.91. The fourth-order valence-electron chi connectivity index (χ4n) is 1.76. The number of carboxylic acid groups (broad SMARTS) is 1. The molecule has 0 aliphatic heterocycles. The van der Waals surface area contributed by atoms with E-state index >= 15 is 0 Å². The number of rotatable bonds is 2. The van der Waals surface area contributed by atoms with Gasteiger partial charge in [-0.2, -0.15) is 5.10 Å². The highest BCUT2D eigenvalue weighted by Crippen LogP contribution is 2.31. The second-order valence-corrected chi connectivity index (χ2v) is 4.56. The number of carbonyl (C=O) groups is 1. The van der Waals surface area contributed by atoms with E-state index in [1.807, 2.05) is 0 Å². The van der Waals surface area contributed by atoms with Crippen LogP contribution in [0.25, 0.3) is 21.1 Å². The van der Waals surface area contributed by atoms with Gasteiger partial charge in [-0.3, -0.25) is 5.10 Å². The number of aliphatic hydroxyl groups excluding tert-OH is 1. The maximum Gasteiger partial charge on any atom is 0.357 e. The van der Waals surface area contributed by atoms with Crippen molar-refractivity contribution in [2.75, 3.05) is 0 Å². The standard InChI is InChI=1S/C10H7N3O3S/c14-3-6-11-5-2-1-4-7(9(5)17-6)8(10(15)16)13-12-4/h1-2,14H,3H2,(H,12,13)(H,15,16). The topological polar surface area (TPSA) is 99.1 Å². The molecule has 1 aromatic carbocycles. The van der Waals surface area contributed by atoms with E-state index < -0.39 is 5.97 Å². The number of H-pyrrole nitrogens is 1. The molecule has 0 radical (unpaired) electrons. The third-order valence-corrected chi connectivity index (χ3v) is 3.54. The molecule has 17 heavy (non-hydrogen) atoms. The molecule has 2 aromatic heterocycles. The zero-order chi connectivity index (χ0) is 12.0. The highest BCUT2D eigenvalue weighted by atomic mass is 32.1. The molecule has 0 spiro atoms. The van der Waals surface area contributed by atoms with Crippen molar-refractivity contribution in [1.82, 2.24) is 15.2 Å². The Morgan fingerprint density at radius 2 is 2.29 bits per heavy atom. The highest BCUT2D eigenvalue weighted by molar-refractivity contribution is 7.19. The van der Waals surface area contributed by atoms with Crippen molar-refractivity contribution in [1.29, 1.82) is 0 Å². The van der Waals surface area contributed by atoms with Crippen LogP contribution in [-0.2, 0) is 6.61 Å². The summed E-state index contributed by atoms with van der Waals surface area (Å²) in [7, 11) is 0. The first-order chi connectivity index (χ1) is 8.20. The fraction of sp³-hybridized carbons (Fsp3) is 0.100. The SMILES string of the molecule is O=C(O)c1n[nH]c2ccc3nc(CO)sc3c12. The Morgan fingerprint density at radius 3 is 3.00 bits per heavy atom. The van der Waals surface area contributed by atoms with Crippen LogP contribution in [0.5, 0.6) is 0 Å². The number of fused-ring (bicyclic) bond motifs is 3. The van der Waals surface area contributed by atoms with Crippen molar-refractivity contribution < 1.29 is 15.0 Å². The van der Waals surface area contributed by atoms with E-state index in [2.05, 4.69) is 15.2 Å². The van der Waals surface area contributed by atoms with Crippen LogP contribution < -0.4 is 0 Å². The number of benzene rings is 1. The van der Waals surface area contributed by atoms with Crippen molar-refractivity contribution in [3.8, 4) is 0 Å². The Hall–Kier alpha value is -1.99. The summed E-state index contributed by atoms with van der Waals surface area (Å²) in [5, 5.41) is 25.7. The summed E-state index contributed by atoms with van der Waals surface area (Å²) in [4.78, 5) is 15.2. The minimum atomic E-state index is -1.08. The Morgan fingerprint density at radius 1 is 1.47 bits per heavy atom. The number of aromatic carboxylic acids is 1. The monoisotopic (exact) mass is 249 g/mol. The van der Waals surface area contributed by atoms with Crippen LogP contribution >= 0.6 is 11.3 Å². The number of nitrogens with one attached hydrogen (secondary N) is 1. The molecule has 3 rings (SSSR count). The minimum absolute atomic E-state index is 0.0151. The Balaban J connectivity index is 2.47. The van der Waals surface area contributed by atoms with Crippen LogP contribution in [0.15, 0.2) is 12.1 Å². The van der Waals surface area contributed by atoms with Gasteiger partial charge in [0.05, 0.1) is 27.7 Å². The Labute approximate surface area is 98.5 Å². The van der Waals surface area contributed by atoms with E-state index in [4.69, 9.17) is 10.2 Å². The molecule has 0 amide bonds. The van der Waals surface area contributed by atoms with Gasteiger partial charge in [0.15, 0.2) is 5.69 Å². The first-order valence-electron chi connectivity index (χ1n) is 4.81. The maximum atomic E-state index is 11.0. The van der Waals surface area contributed by atoms with Gasteiger partial charge in [0.25, 0.3) is 0 Å². The number of aromatic nitrogens is 3. The molecular weight excluding hydrogens is 242 g/mol. The van der Waals surface area contributed by atoms with Gasteiger partial charge in [-0.1, -0.05) is 0 Å². The zero-order valence-corrected chi connectivity index (χ0v) is 9.28. The minimum Gasteiger partial charge on any atom is -0.476 e. The van der Waals surface area contributed by atoms with Gasteiger partial charge >= 0.3 is 5.97 Å². The quantitative estimate of drug-likeness (QED) is 0.637. The smallest absolute Gasteiger partial charge is 0.357 e. The molecule has 0 aliphatic rings. The highest BCUT2D eigenvalue weighted by Gasteiger charge is 2.17. The van der Waals surface area contributed by atoms with Crippen LogP contribution in [0.4, 0.5) is 0 Å². The van der Waals surface area contributed by atoms with E-state index in [0.717, 1.165) is 4.70 Å². The second-order valence-electron chi connectivity index (χ2n) is 3.48. The van der Waals surface area contributed by atoms with Gasteiger partial charge in [0.1, 0.15) is 5.01 Å². The lowest BCUT2D eigenvalue weighted by atomic mass is 10.2. The van der Waals surface area contributed by atoms with Crippen LogP contribution in [0, 0.1) is 0 Å². The van der Waals surface area contributed by atoms with Gasteiger partial charge in [0.2, 0.25) is 0 Å². The summed E-state index contributed by atoms with van der Waals surface area (Å²) in [6.07, 6.45) is 0. The van der Waals surface area contributed by atoms with Crippen LogP contribution in [0.1, 0.15) is 15.5 Å². The fourth-order valence-corrected chi connectivity index (χ4v) is 2.73. The Kier molecular flexibility index (Phi) is 2.10. The number of aliphatic hydroxyl groups is 1. The predicted molar refractivity (Wildman–Crippen MR) is 62.2 cm³/mol. The summed E-state index contributed by atoms with van der Waals surface area (Å²) in [6, 6.07) is 3.51. The van der Waals surface area contributed by atoms with Crippen molar-refractivity contribution in [3.05, 3.63) is 22.8 Å². The third-order valence-electron chi connectivity index (χ3n) is 2.46. The molecule has 0 saturated heterocycles. The molecule has 0 fully saturated rings. The molecule has 3 aromatic rings. The number of hydrogen-bond donors (Lipinski definition) is 3. The van der Waals surface area contributed by atoms with Gasteiger partial charge < -0.3 is 10.2 Å². The molecule has 0 saturated carbocycles. The van der Waals surface area contributed by atoms with E-state index in [9.17, 15) is 4.79 Å². The number of hydrogen-bond acceptors (Lipinski definition) is 5. The van der Waals surface area contributed by atoms with E-state index in [0.29, 0.717) is 21.4 Å². The number of nitrogens with zero attached hydrogens (tertiary/aromatic N) is 2. The molecular formula is C10H7N3O3S. The second kappa shape index (κ2) is 3.51. The molecule has 7 heteroatoms. The third kappa shape index (κ3) is 1.40. The first-order valence-corrected chi connectivity index (χ1v) is 5.63. The molecule has 0 unspecified atom stereocenters. The van der Waals surface area contributed by atoms with Crippen molar-refractivity contribution in [2.24, 2.45) is 0 Å². The molecule has 0 atom stereocenters. The molecule has 0 bridgehead atoms. The molecule has 6 nitrogen and oxygen atoms in total. The van der Waals surface area contributed by atoms with E-state index in [1.54, 1.807) is 12.1 Å². The van der Waals surface area contributed by atoms with Crippen LogP contribution in [-0.4, -0.2) is 31.4 Å². The summed E-state index contributed by atoms with van der Waals surface area (Å²) in [5.41, 5.74) is 1.32. The molecule has 0 aliphatic carbocycles. The predicted octanol–water partition coefficient (Wildman–Crippen LogP) is 1.36. The lowest BCUT2D eigenvalue weighted by Crippen LogP contribution is -1.96. The van der Waals surface area contributed by atoms with Gasteiger partial charge in [-0.25, -0.2) is 9.78 Å². The summed E-state index contributed by atoms with van der Waals surface area (Å²) < 4.78 is 0.734. The summed E-state index contributed by atoms with van der Waals surface area (Å²) in [5.74, 6) is -1.08. The van der Waals surface area contributed by atoms with Crippen LogP contribution in [0.2, 0.25) is 0 Å². The van der Waals surface area contributed by atoms with Crippen molar-refractivity contribution in [3.63, 3.8) is 0 Å². The van der Waals surface area contributed by atoms with Gasteiger partial charge in [-0.15, -0.1) is 11.3 Å². The lowest BCUT2D eigenvalue weighted by molar-refractivity contribution is 0.0692. The maximum absolute atomic E-state index is 11.0. The first kappa shape index (κ1) is 10.2. The lowest BCUT2D eigenvalue weighted by Gasteiger charge is -1.91. The largest absolute Gasteiger partial charge is 0.476 e. The molecule has 3 N–H and O–H groups in total. The summed E-state index contributed by atoms with van der Waals surface area (Å²) >= 11 is 1.28.